The highest BCUT2D eigenvalue weighted by Gasteiger charge is 2.46. The van der Waals surface area contributed by atoms with Gasteiger partial charge in [-0.15, -0.1) is 0 Å². The largest absolute Gasteiger partial charge is 0.480 e. The van der Waals surface area contributed by atoms with Gasteiger partial charge in [-0.05, 0) is 41.5 Å². The molecule has 0 bridgehead atoms. The van der Waals surface area contributed by atoms with Crippen LogP contribution in [0.15, 0.2) is 48.5 Å². The summed E-state index contributed by atoms with van der Waals surface area (Å²) in [6, 6.07) is 15.4. The molecule has 7 heteroatoms. The molecule has 0 radical (unpaired) electrons. The summed E-state index contributed by atoms with van der Waals surface area (Å²) in [6.07, 6.45) is 2.79. The maximum Gasteiger partial charge on any atom is 0.407 e. The van der Waals surface area contributed by atoms with Gasteiger partial charge in [0.25, 0.3) is 0 Å². The van der Waals surface area contributed by atoms with E-state index < -0.39 is 23.6 Å². The number of hydrogen-bond acceptors (Lipinski definition) is 4. The summed E-state index contributed by atoms with van der Waals surface area (Å²) < 4.78 is 5.59. The van der Waals surface area contributed by atoms with E-state index in [0.717, 1.165) is 35.1 Å². The van der Waals surface area contributed by atoms with Crippen molar-refractivity contribution in [2.75, 3.05) is 6.61 Å². The first-order valence-corrected chi connectivity index (χ1v) is 11.6. The second-order valence-electron chi connectivity index (χ2n) is 9.01. The maximum atomic E-state index is 12.6. The van der Waals surface area contributed by atoms with Gasteiger partial charge >= 0.3 is 12.1 Å². The number of alkyl carbamates (subject to hydrolysis) is 1. The molecule has 3 N–H and O–H groups in total. The van der Waals surface area contributed by atoms with Crippen LogP contribution in [0.1, 0.15) is 62.5 Å². The number of unbranched alkanes of at least 4 members (excludes halogenated alkanes) is 1. The monoisotopic (exact) mass is 450 g/mol. The van der Waals surface area contributed by atoms with Crippen molar-refractivity contribution in [2.45, 2.75) is 62.9 Å². The number of amides is 2. The van der Waals surface area contributed by atoms with Gasteiger partial charge in [-0.3, -0.25) is 4.79 Å². The van der Waals surface area contributed by atoms with Gasteiger partial charge < -0.3 is 20.5 Å². The van der Waals surface area contributed by atoms with Crippen LogP contribution in [0, 0.1) is 0 Å². The van der Waals surface area contributed by atoms with Crippen molar-refractivity contribution in [3.63, 3.8) is 0 Å². The van der Waals surface area contributed by atoms with Crippen molar-refractivity contribution in [3.8, 4) is 11.1 Å². The zero-order chi connectivity index (χ0) is 23.4. The fourth-order valence-corrected chi connectivity index (χ4v) is 4.57. The molecule has 33 heavy (non-hydrogen) atoms. The van der Waals surface area contributed by atoms with Gasteiger partial charge in [-0.25, -0.2) is 9.59 Å². The summed E-state index contributed by atoms with van der Waals surface area (Å²) in [6.45, 7) is 2.18. The van der Waals surface area contributed by atoms with Gasteiger partial charge in [-0.1, -0.05) is 68.3 Å². The molecule has 2 aliphatic rings. The van der Waals surface area contributed by atoms with E-state index in [9.17, 15) is 19.5 Å². The van der Waals surface area contributed by atoms with E-state index in [2.05, 4.69) is 34.9 Å². The van der Waals surface area contributed by atoms with E-state index in [1.54, 1.807) is 0 Å². The minimum Gasteiger partial charge on any atom is -0.480 e. The van der Waals surface area contributed by atoms with Gasteiger partial charge in [0.15, 0.2) is 0 Å². The average Bonchev–Trinajstić information content (AvgIpc) is 3.47. The number of carboxylic acid groups (broad SMARTS) is 1. The van der Waals surface area contributed by atoms with Crippen molar-refractivity contribution >= 4 is 18.0 Å². The van der Waals surface area contributed by atoms with Crippen LogP contribution in [0.2, 0.25) is 0 Å². The quantitative estimate of drug-likeness (QED) is 0.503. The average molecular weight is 451 g/mol. The van der Waals surface area contributed by atoms with E-state index in [4.69, 9.17) is 4.74 Å². The van der Waals surface area contributed by atoms with E-state index in [0.29, 0.717) is 19.3 Å². The van der Waals surface area contributed by atoms with E-state index >= 15 is 0 Å². The molecular weight excluding hydrogens is 420 g/mol. The smallest absolute Gasteiger partial charge is 0.407 e. The Morgan fingerprint density at radius 1 is 1.06 bits per heavy atom. The fraction of sp³-hybridized carbons (Fsp3) is 0.423. The fourth-order valence-electron chi connectivity index (χ4n) is 4.57. The second kappa shape index (κ2) is 9.65. The van der Waals surface area contributed by atoms with Crippen molar-refractivity contribution in [1.29, 1.82) is 0 Å². The summed E-state index contributed by atoms with van der Waals surface area (Å²) in [5.74, 6) is -1.43. The highest BCUT2D eigenvalue weighted by atomic mass is 16.5. The van der Waals surface area contributed by atoms with Gasteiger partial charge in [0.2, 0.25) is 5.91 Å². The Morgan fingerprint density at radius 3 is 2.21 bits per heavy atom. The van der Waals surface area contributed by atoms with Crippen molar-refractivity contribution in [3.05, 3.63) is 59.7 Å². The Kier molecular flexibility index (Phi) is 6.67. The third kappa shape index (κ3) is 5.18. The lowest BCUT2D eigenvalue weighted by molar-refractivity contribution is -0.142. The topological polar surface area (TPSA) is 105 Å². The van der Waals surface area contributed by atoms with Crippen LogP contribution in [-0.4, -0.2) is 41.3 Å². The summed E-state index contributed by atoms with van der Waals surface area (Å²) in [7, 11) is 0. The number of aliphatic carboxylic acids is 1. The Hall–Kier alpha value is -3.35. The molecule has 1 saturated carbocycles. The number of hydrogen-bond donors (Lipinski definition) is 3. The van der Waals surface area contributed by atoms with Crippen LogP contribution >= 0.6 is 0 Å². The third-order valence-electron chi connectivity index (χ3n) is 6.54. The molecule has 0 spiro atoms. The third-order valence-corrected chi connectivity index (χ3v) is 6.54. The summed E-state index contributed by atoms with van der Waals surface area (Å²) in [5, 5.41) is 14.8. The van der Waals surface area contributed by atoms with E-state index in [1.165, 1.54) is 0 Å². The summed E-state index contributed by atoms with van der Waals surface area (Å²) in [5.41, 5.74) is 3.94. The lowest BCUT2D eigenvalue weighted by Crippen LogP contribution is -2.46. The Bertz CT molecular complexity index is 1000. The normalized spacial score (nSPS) is 16.3. The van der Waals surface area contributed by atoms with Crippen molar-refractivity contribution in [2.24, 2.45) is 0 Å². The van der Waals surface area contributed by atoms with Crippen LogP contribution in [-0.2, 0) is 14.3 Å². The van der Waals surface area contributed by atoms with E-state index in [-0.39, 0.29) is 24.9 Å². The number of nitrogens with one attached hydrogen (secondary N) is 2. The lowest BCUT2D eigenvalue weighted by atomic mass is 9.98. The maximum absolute atomic E-state index is 12.6. The standard InChI is InChI=1S/C26H30N2O5/c1-2-3-12-22(24(30)31)27-23(29)15-26(13-14-26)28-25(32)33-16-21-19-10-6-4-8-17(19)18-9-5-7-11-20(18)21/h4-11,21-22H,2-3,12-16H2,1H3,(H,27,29)(H,28,32)(H,30,31)/t22-/m0/s1. The Labute approximate surface area is 193 Å². The van der Waals surface area contributed by atoms with Gasteiger partial charge in [0.1, 0.15) is 12.6 Å². The number of benzene rings is 2. The van der Waals surface area contributed by atoms with Crippen LogP contribution in [0.25, 0.3) is 11.1 Å². The highest BCUT2D eigenvalue weighted by molar-refractivity contribution is 5.85. The molecule has 174 valence electrons. The number of carboxylic acids is 1. The number of ether oxygens (including phenoxy) is 1. The molecule has 2 aliphatic carbocycles. The predicted octanol–water partition coefficient (Wildman–Crippen LogP) is 4.21. The predicted molar refractivity (Wildman–Crippen MR) is 124 cm³/mol. The zero-order valence-electron chi connectivity index (χ0n) is 18.8. The molecule has 0 aromatic heterocycles. The van der Waals surface area contributed by atoms with Crippen LogP contribution in [0.4, 0.5) is 4.79 Å². The second-order valence-corrected chi connectivity index (χ2v) is 9.01. The molecule has 0 aliphatic heterocycles. The first-order chi connectivity index (χ1) is 15.9. The Morgan fingerprint density at radius 2 is 1.67 bits per heavy atom. The zero-order valence-corrected chi connectivity index (χ0v) is 18.8. The molecule has 2 aromatic carbocycles. The van der Waals surface area contributed by atoms with Gasteiger partial charge in [-0.2, -0.15) is 0 Å². The molecule has 4 rings (SSSR count). The summed E-state index contributed by atoms with van der Waals surface area (Å²) >= 11 is 0. The molecule has 1 fully saturated rings. The molecular formula is C26H30N2O5. The number of fused-ring (bicyclic) bond motifs is 3. The van der Waals surface area contributed by atoms with Gasteiger partial charge in [0, 0.05) is 12.3 Å². The Balaban J connectivity index is 1.32. The number of rotatable bonds is 10. The molecule has 7 nitrogen and oxygen atoms in total. The first-order valence-electron chi connectivity index (χ1n) is 11.6. The summed E-state index contributed by atoms with van der Waals surface area (Å²) in [4.78, 5) is 36.4. The number of carbonyl (C=O) groups is 3. The van der Waals surface area contributed by atoms with E-state index in [1.807, 2.05) is 31.2 Å². The minimum atomic E-state index is -1.04. The molecule has 0 unspecified atom stereocenters. The first kappa shape index (κ1) is 22.8. The molecule has 0 saturated heterocycles. The van der Waals surface area contributed by atoms with Crippen LogP contribution in [0.5, 0.6) is 0 Å². The number of carbonyl (C=O) groups excluding carboxylic acids is 2. The molecule has 0 heterocycles. The van der Waals surface area contributed by atoms with Crippen molar-refractivity contribution < 1.29 is 24.2 Å². The molecule has 1 atom stereocenters. The molecule has 2 aromatic rings. The lowest BCUT2D eigenvalue weighted by Gasteiger charge is -2.20. The van der Waals surface area contributed by atoms with Gasteiger partial charge in [0.05, 0.1) is 5.54 Å². The van der Waals surface area contributed by atoms with Crippen LogP contribution in [0.3, 0.4) is 0 Å². The highest BCUT2D eigenvalue weighted by Crippen LogP contribution is 2.44. The van der Waals surface area contributed by atoms with Crippen LogP contribution < -0.4 is 10.6 Å². The SMILES string of the molecule is CCCC[C@H](NC(=O)CC1(NC(=O)OCC2c3ccccc3-c3ccccc32)CC1)C(=O)O. The minimum absolute atomic E-state index is 0.0310. The van der Waals surface area contributed by atoms with Crippen molar-refractivity contribution in [1.82, 2.24) is 10.6 Å². The molecule has 2 amide bonds.